The maximum absolute atomic E-state index is 13.3. The summed E-state index contributed by atoms with van der Waals surface area (Å²) < 4.78 is 14.9. The lowest BCUT2D eigenvalue weighted by Crippen LogP contribution is -2.33. The summed E-state index contributed by atoms with van der Waals surface area (Å²) in [5.74, 6) is -1.42. The van der Waals surface area contributed by atoms with Crippen LogP contribution in [0.15, 0.2) is 52.5 Å². The summed E-state index contributed by atoms with van der Waals surface area (Å²) in [6.07, 6.45) is 1.71. The quantitative estimate of drug-likeness (QED) is 0.354. The summed E-state index contributed by atoms with van der Waals surface area (Å²) >= 11 is 2.39. The van der Waals surface area contributed by atoms with Crippen molar-refractivity contribution in [1.29, 1.82) is 0 Å². The second kappa shape index (κ2) is 8.48. The number of rotatable bonds is 5. The molecule has 0 radical (unpaired) electrons. The molecule has 3 aromatic heterocycles. The van der Waals surface area contributed by atoms with Gasteiger partial charge in [0, 0.05) is 23.7 Å². The van der Waals surface area contributed by atoms with Gasteiger partial charge in [0.15, 0.2) is 5.16 Å². The fourth-order valence-corrected chi connectivity index (χ4v) is 4.95. The van der Waals surface area contributed by atoms with Crippen LogP contribution in [0.5, 0.6) is 0 Å². The Morgan fingerprint density at radius 3 is 2.68 bits per heavy atom. The maximum Gasteiger partial charge on any atom is 0.274 e. The van der Waals surface area contributed by atoms with Gasteiger partial charge in [0.1, 0.15) is 16.3 Å². The van der Waals surface area contributed by atoms with Gasteiger partial charge in [-0.3, -0.25) is 19.7 Å². The zero-order valence-electron chi connectivity index (χ0n) is 16.6. The van der Waals surface area contributed by atoms with Crippen LogP contribution < -0.4 is 10.9 Å². The summed E-state index contributed by atoms with van der Waals surface area (Å²) in [7, 11) is 1.71. The lowest BCUT2D eigenvalue weighted by molar-refractivity contribution is -0.117. The van der Waals surface area contributed by atoms with Crippen LogP contribution >= 0.6 is 23.1 Å². The number of aryl methyl sites for hydroxylation is 2. The first-order chi connectivity index (χ1) is 14.8. The van der Waals surface area contributed by atoms with Crippen molar-refractivity contribution in [2.24, 2.45) is 7.05 Å². The summed E-state index contributed by atoms with van der Waals surface area (Å²) in [4.78, 5) is 45.6. The molecule has 0 saturated heterocycles. The topological polar surface area (TPSA) is 96.8 Å². The lowest BCUT2D eigenvalue weighted by atomic mass is 10.0. The highest BCUT2D eigenvalue weighted by Gasteiger charge is 2.18. The van der Waals surface area contributed by atoms with E-state index >= 15 is 0 Å². The van der Waals surface area contributed by atoms with Gasteiger partial charge in [0.25, 0.3) is 11.5 Å². The zero-order valence-corrected chi connectivity index (χ0v) is 18.2. The average Bonchev–Trinajstić information content (AvgIpc) is 3.30. The number of thiophene rings is 1. The molecule has 0 saturated carbocycles. The van der Waals surface area contributed by atoms with E-state index in [0.29, 0.717) is 15.9 Å². The van der Waals surface area contributed by atoms with Gasteiger partial charge in [-0.25, -0.2) is 9.37 Å². The normalized spacial score (nSPS) is 11.1. The van der Waals surface area contributed by atoms with Gasteiger partial charge in [0.05, 0.1) is 11.1 Å². The molecule has 4 aromatic rings. The molecule has 3 heterocycles. The molecule has 0 atom stereocenters. The number of carbonyl (C=O) groups excluding carboxylic acids is 2. The van der Waals surface area contributed by atoms with Gasteiger partial charge in [-0.05, 0) is 36.8 Å². The minimum absolute atomic E-state index is 0.0835. The molecule has 0 unspecified atom stereocenters. The minimum Gasteiger partial charge on any atom is -0.347 e. The van der Waals surface area contributed by atoms with E-state index in [0.717, 1.165) is 27.8 Å². The van der Waals surface area contributed by atoms with Crippen LogP contribution in [0.25, 0.3) is 21.3 Å². The number of thioether (sulfide) groups is 1. The third-order valence-corrected chi connectivity index (χ3v) is 6.49. The van der Waals surface area contributed by atoms with Crippen LogP contribution in [0.1, 0.15) is 15.4 Å². The number of amides is 2. The lowest BCUT2D eigenvalue weighted by Gasteiger charge is -2.05. The van der Waals surface area contributed by atoms with Crippen LogP contribution in [-0.4, -0.2) is 32.1 Å². The molecule has 4 rings (SSSR count). The predicted octanol–water partition coefficient (Wildman–Crippen LogP) is 3.49. The fourth-order valence-electron chi connectivity index (χ4n) is 3.19. The molecule has 7 nitrogen and oxygen atoms in total. The molecular formula is C21H17FN4O3S2. The van der Waals surface area contributed by atoms with Gasteiger partial charge in [-0.15, -0.1) is 11.3 Å². The number of nitrogens with one attached hydrogen (secondary N) is 2. The second-order valence-corrected chi connectivity index (χ2v) is 8.93. The number of aromatic amines is 1. The van der Waals surface area contributed by atoms with Crippen molar-refractivity contribution in [2.75, 3.05) is 5.75 Å². The Hall–Kier alpha value is -3.24. The van der Waals surface area contributed by atoms with Gasteiger partial charge in [-0.1, -0.05) is 23.9 Å². The molecule has 0 bridgehead atoms. The number of aromatic nitrogens is 3. The molecule has 1 aromatic carbocycles. The molecule has 31 heavy (non-hydrogen) atoms. The Kier molecular flexibility index (Phi) is 5.75. The summed E-state index contributed by atoms with van der Waals surface area (Å²) in [5, 5.41) is 3.03. The smallest absolute Gasteiger partial charge is 0.274 e. The third kappa shape index (κ3) is 4.30. The van der Waals surface area contributed by atoms with Crippen LogP contribution in [0.2, 0.25) is 0 Å². The Labute approximate surface area is 184 Å². The molecule has 0 aliphatic heterocycles. The number of fused-ring (bicyclic) bond motifs is 1. The average molecular weight is 457 g/mol. The number of halogens is 1. The van der Waals surface area contributed by atoms with Crippen molar-refractivity contribution < 1.29 is 14.0 Å². The third-order valence-electron chi connectivity index (χ3n) is 4.62. The van der Waals surface area contributed by atoms with Crippen LogP contribution in [0.3, 0.4) is 0 Å². The van der Waals surface area contributed by atoms with Crippen molar-refractivity contribution in [1.82, 2.24) is 19.9 Å². The first-order valence-electron chi connectivity index (χ1n) is 9.21. The zero-order chi connectivity index (χ0) is 22.1. The van der Waals surface area contributed by atoms with Crippen LogP contribution in [0.4, 0.5) is 4.39 Å². The highest BCUT2D eigenvalue weighted by molar-refractivity contribution is 7.99. The number of imide groups is 1. The number of carbonyl (C=O) groups is 2. The molecule has 0 aliphatic carbocycles. The number of hydrogen-bond donors (Lipinski definition) is 2. The standard InChI is InChI=1S/C21H17FN4O3S2/c1-11-16(12-5-7-13(22)8-6-12)17-19(29)24-21(25-20(17)31-11)30-10-15(27)23-18(28)14-4-3-9-26(14)2/h3-9H,10H2,1-2H3,(H,23,27,28)(H,24,25,29). The highest BCUT2D eigenvalue weighted by atomic mass is 32.2. The first-order valence-corrected chi connectivity index (χ1v) is 11.0. The Balaban J connectivity index is 1.53. The van der Waals surface area contributed by atoms with E-state index in [2.05, 4.69) is 15.3 Å². The number of H-pyrrole nitrogens is 1. The van der Waals surface area contributed by atoms with E-state index in [1.807, 2.05) is 6.92 Å². The molecular weight excluding hydrogens is 439 g/mol. The first kappa shape index (κ1) is 21.0. The van der Waals surface area contributed by atoms with Gasteiger partial charge >= 0.3 is 0 Å². The van der Waals surface area contributed by atoms with Gasteiger partial charge in [-0.2, -0.15) is 0 Å². The van der Waals surface area contributed by atoms with Gasteiger partial charge in [0.2, 0.25) is 5.91 Å². The van der Waals surface area contributed by atoms with E-state index in [9.17, 15) is 18.8 Å². The van der Waals surface area contributed by atoms with E-state index < -0.39 is 11.8 Å². The van der Waals surface area contributed by atoms with Crippen molar-refractivity contribution in [3.63, 3.8) is 0 Å². The summed E-state index contributed by atoms with van der Waals surface area (Å²) in [5.41, 5.74) is 1.48. The van der Waals surface area contributed by atoms with Crippen molar-refractivity contribution in [2.45, 2.75) is 12.1 Å². The van der Waals surface area contributed by atoms with E-state index in [1.54, 1.807) is 42.1 Å². The van der Waals surface area contributed by atoms with Gasteiger partial charge < -0.3 is 9.55 Å². The molecule has 2 amide bonds. The number of hydrogen-bond acceptors (Lipinski definition) is 6. The maximum atomic E-state index is 13.3. The molecule has 2 N–H and O–H groups in total. The molecule has 0 fully saturated rings. The predicted molar refractivity (Wildman–Crippen MR) is 119 cm³/mol. The van der Waals surface area contributed by atoms with Crippen molar-refractivity contribution in [3.05, 3.63) is 69.3 Å². The monoisotopic (exact) mass is 456 g/mol. The largest absolute Gasteiger partial charge is 0.347 e. The number of nitrogens with zero attached hydrogens (tertiary/aromatic N) is 2. The van der Waals surface area contributed by atoms with E-state index in [-0.39, 0.29) is 22.3 Å². The Morgan fingerprint density at radius 2 is 2.00 bits per heavy atom. The second-order valence-electron chi connectivity index (χ2n) is 6.76. The molecule has 0 spiro atoms. The SMILES string of the molecule is Cc1sc2nc(SCC(=O)NC(=O)c3cccn3C)[nH]c(=O)c2c1-c1ccc(F)cc1. The van der Waals surface area contributed by atoms with Crippen LogP contribution in [-0.2, 0) is 11.8 Å². The van der Waals surface area contributed by atoms with Crippen LogP contribution in [0, 0.1) is 12.7 Å². The Bertz CT molecular complexity index is 1360. The number of benzene rings is 1. The van der Waals surface area contributed by atoms with E-state index in [4.69, 9.17) is 0 Å². The molecule has 158 valence electrons. The van der Waals surface area contributed by atoms with E-state index in [1.165, 1.54) is 23.5 Å². The molecule has 0 aliphatic rings. The highest BCUT2D eigenvalue weighted by Crippen LogP contribution is 2.36. The molecule has 10 heteroatoms. The fraction of sp³-hybridized carbons (Fsp3) is 0.143. The van der Waals surface area contributed by atoms with Crippen molar-refractivity contribution in [3.8, 4) is 11.1 Å². The summed E-state index contributed by atoms with van der Waals surface area (Å²) in [6.45, 7) is 1.87. The summed E-state index contributed by atoms with van der Waals surface area (Å²) in [6, 6.07) is 9.26. The van der Waals surface area contributed by atoms with Crippen molar-refractivity contribution >= 4 is 45.1 Å². The minimum atomic E-state index is -0.493. The Morgan fingerprint density at radius 1 is 1.26 bits per heavy atom.